The van der Waals surface area contributed by atoms with Crippen LogP contribution >= 0.6 is 0 Å². The number of nitrogens with one attached hydrogen (secondary N) is 1. The number of benzene rings is 1. The zero-order valence-corrected chi connectivity index (χ0v) is 14.4. The van der Waals surface area contributed by atoms with E-state index in [1.54, 1.807) is 29.2 Å². The Bertz CT molecular complexity index is 680. The van der Waals surface area contributed by atoms with E-state index in [0.717, 1.165) is 12.8 Å². The second-order valence-corrected chi connectivity index (χ2v) is 7.92. The van der Waals surface area contributed by atoms with Crippen LogP contribution in [-0.2, 0) is 19.6 Å². The number of anilines is 1. The van der Waals surface area contributed by atoms with E-state index in [0.29, 0.717) is 45.1 Å². The average molecular weight is 353 g/mol. The third kappa shape index (κ3) is 3.88. The van der Waals surface area contributed by atoms with Crippen LogP contribution in [0.3, 0.4) is 0 Å². The lowest BCUT2D eigenvalue weighted by atomic mass is 10.3. The topological polar surface area (TPSA) is 79.0 Å². The Morgan fingerprint density at radius 1 is 1.12 bits per heavy atom. The van der Waals surface area contributed by atoms with Crippen LogP contribution in [0.15, 0.2) is 29.2 Å². The molecular formula is C16H23N3O4S. The quantitative estimate of drug-likeness (QED) is 0.845. The summed E-state index contributed by atoms with van der Waals surface area (Å²) in [7, 11) is -3.44. The molecule has 2 saturated heterocycles. The second kappa shape index (κ2) is 7.50. The molecular weight excluding hydrogens is 330 g/mol. The molecule has 2 fully saturated rings. The van der Waals surface area contributed by atoms with Crippen molar-refractivity contribution in [2.24, 2.45) is 0 Å². The first-order valence-corrected chi connectivity index (χ1v) is 9.71. The molecule has 3 rings (SSSR count). The number of sulfonamides is 1. The molecule has 0 aliphatic carbocycles. The molecule has 1 amide bonds. The van der Waals surface area contributed by atoms with E-state index in [-0.39, 0.29) is 17.3 Å². The smallest absolute Gasteiger partial charge is 0.243 e. The Morgan fingerprint density at radius 2 is 1.83 bits per heavy atom. The largest absolute Gasteiger partial charge is 0.378 e. The second-order valence-electron chi connectivity index (χ2n) is 5.99. The lowest BCUT2D eigenvalue weighted by Gasteiger charge is -2.27. The SMILES string of the molecule is O=C(CNc1cccc(S(=O)(=O)N2CCCC2)c1)N1CCOCC1. The third-order valence-corrected chi connectivity index (χ3v) is 6.24. The van der Waals surface area contributed by atoms with Crippen molar-refractivity contribution >= 4 is 21.6 Å². The Kier molecular flexibility index (Phi) is 5.37. The molecule has 0 aromatic heterocycles. The Labute approximate surface area is 142 Å². The molecule has 0 spiro atoms. The molecule has 0 saturated carbocycles. The van der Waals surface area contributed by atoms with Crippen molar-refractivity contribution in [1.82, 2.24) is 9.21 Å². The molecule has 0 unspecified atom stereocenters. The van der Waals surface area contributed by atoms with E-state index in [1.165, 1.54) is 4.31 Å². The molecule has 2 aliphatic heterocycles. The monoisotopic (exact) mass is 353 g/mol. The number of carbonyl (C=O) groups excluding carboxylic acids is 1. The summed E-state index contributed by atoms with van der Waals surface area (Å²) in [5.74, 6) is -0.00824. The number of morpholine rings is 1. The summed E-state index contributed by atoms with van der Waals surface area (Å²) in [4.78, 5) is 14.2. The van der Waals surface area contributed by atoms with Crippen molar-refractivity contribution in [3.63, 3.8) is 0 Å². The minimum atomic E-state index is -3.44. The predicted octanol–water partition coefficient (Wildman–Crippen LogP) is 0.742. The van der Waals surface area contributed by atoms with E-state index in [2.05, 4.69) is 5.32 Å². The Morgan fingerprint density at radius 3 is 2.54 bits per heavy atom. The molecule has 8 heteroatoms. The van der Waals surface area contributed by atoms with Gasteiger partial charge in [-0.15, -0.1) is 0 Å². The maximum absolute atomic E-state index is 12.6. The number of hydrogen-bond acceptors (Lipinski definition) is 5. The molecule has 132 valence electrons. The zero-order valence-electron chi connectivity index (χ0n) is 13.6. The highest BCUT2D eigenvalue weighted by atomic mass is 32.2. The number of nitrogens with zero attached hydrogens (tertiary/aromatic N) is 2. The summed E-state index contributed by atoms with van der Waals surface area (Å²) < 4.78 is 31.9. The number of rotatable bonds is 5. The summed E-state index contributed by atoms with van der Waals surface area (Å²) in [6.45, 7) is 3.64. The van der Waals surface area contributed by atoms with E-state index in [4.69, 9.17) is 4.74 Å². The van der Waals surface area contributed by atoms with Crippen LogP contribution in [-0.4, -0.2) is 69.5 Å². The molecule has 7 nitrogen and oxygen atoms in total. The van der Waals surface area contributed by atoms with E-state index in [1.807, 2.05) is 0 Å². The van der Waals surface area contributed by atoms with Gasteiger partial charge in [-0.3, -0.25) is 4.79 Å². The summed E-state index contributed by atoms with van der Waals surface area (Å²) in [6.07, 6.45) is 1.82. The molecule has 1 aromatic rings. The highest BCUT2D eigenvalue weighted by Gasteiger charge is 2.27. The minimum absolute atomic E-state index is 0.00824. The number of ether oxygens (including phenoxy) is 1. The molecule has 24 heavy (non-hydrogen) atoms. The molecule has 2 aliphatic rings. The maximum Gasteiger partial charge on any atom is 0.243 e. The van der Waals surface area contributed by atoms with Gasteiger partial charge in [0.2, 0.25) is 15.9 Å². The fourth-order valence-electron chi connectivity index (χ4n) is 2.95. The summed E-state index contributed by atoms with van der Waals surface area (Å²) in [6, 6.07) is 6.67. The van der Waals surface area contributed by atoms with Crippen LogP contribution in [0, 0.1) is 0 Å². The number of amides is 1. The molecule has 1 N–H and O–H groups in total. The van der Waals surface area contributed by atoms with Gasteiger partial charge in [0.05, 0.1) is 24.7 Å². The number of hydrogen-bond donors (Lipinski definition) is 1. The third-order valence-electron chi connectivity index (χ3n) is 4.34. The first kappa shape index (κ1) is 17.2. The fourth-order valence-corrected chi connectivity index (χ4v) is 4.51. The van der Waals surface area contributed by atoms with Crippen molar-refractivity contribution in [1.29, 1.82) is 0 Å². The molecule has 0 atom stereocenters. The standard InChI is InChI=1S/C16H23N3O4S/c20-16(18-8-10-23-11-9-18)13-17-14-4-3-5-15(12-14)24(21,22)19-6-1-2-7-19/h3-5,12,17H,1-2,6-11,13H2. The van der Waals surface area contributed by atoms with E-state index < -0.39 is 10.0 Å². The van der Waals surface area contributed by atoms with Gasteiger partial charge in [0.15, 0.2) is 0 Å². The fraction of sp³-hybridized carbons (Fsp3) is 0.562. The molecule has 2 heterocycles. The molecule has 0 bridgehead atoms. The van der Waals surface area contributed by atoms with Crippen LogP contribution in [0.25, 0.3) is 0 Å². The predicted molar refractivity (Wildman–Crippen MR) is 90.3 cm³/mol. The zero-order chi connectivity index (χ0) is 17.0. The van der Waals surface area contributed by atoms with Gasteiger partial charge in [-0.2, -0.15) is 4.31 Å². The van der Waals surface area contributed by atoms with Crippen LogP contribution in [0.2, 0.25) is 0 Å². The minimum Gasteiger partial charge on any atom is -0.378 e. The Balaban J connectivity index is 1.63. The van der Waals surface area contributed by atoms with E-state index in [9.17, 15) is 13.2 Å². The lowest BCUT2D eigenvalue weighted by molar-refractivity contribution is -0.133. The highest BCUT2D eigenvalue weighted by molar-refractivity contribution is 7.89. The van der Waals surface area contributed by atoms with Gasteiger partial charge in [-0.05, 0) is 31.0 Å². The van der Waals surface area contributed by atoms with Crippen molar-refractivity contribution in [3.8, 4) is 0 Å². The van der Waals surface area contributed by atoms with Crippen molar-refractivity contribution in [2.45, 2.75) is 17.7 Å². The van der Waals surface area contributed by atoms with Crippen molar-refractivity contribution in [2.75, 3.05) is 51.3 Å². The van der Waals surface area contributed by atoms with Gasteiger partial charge in [0.1, 0.15) is 0 Å². The Hall–Kier alpha value is -1.64. The molecule has 1 aromatic carbocycles. The van der Waals surface area contributed by atoms with Crippen LogP contribution in [0.1, 0.15) is 12.8 Å². The van der Waals surface area contributed by atoms with E-state index >= 15 is 0 Å². The van der Waals surface area contributed by atoms with Gasteiger partial charge in [-0.25, -0.2) is 8.42 Å². The van der Waals surface area contributed by atoms with Crippen LogP contribution in [0.5, 0.6) is 0 Å². The van der Waals surface area contributed by atoms with Gasteiger partial charge in [-0.1, -0.05) is 6.07 Å². The lowest BCUT2D eigenvalue weighted by Crippen LogP contribution is -2.43. The number of carbonyl (C=O) groups is 1. The first-order chi connectivity index (χ1) is 11.6. The van der Waals surface area contributed by atoms with Crippen LogP contribution < -0.4 is 5.32 Å². The summed E-state index contributed by atoms with van der Waals surface area (Å²) in [5, 5.41) is 3.03. The van der Waals surface area contributed by atoms with Crippen LogP contribution in [0.4, 0.5) is 5.69 Å². The summed E-state index contributed by atoms with van der Waals surface area (Å²) in [5.41, 5.74) is 0.636. The highest BCUT2D eigenvalue weighted by Crippen LogP contribution is 2.23. The van der Waals surface area contributed by atoms with Crippen molar-refractivity contribution < 1.29 is 17.9 Å². The van der Waals surface area contributed by atoms with Crippen molar-refractivity contribution in [3.05, 3.63) is 24.3 Å². The van der Waals surface area contributed by atoms with Gasteiger partial charge >= 0.3 is 0 Å². The average Bonchev–Trinajstić information content (AvgIpc) is 3.16. The first-order valence-electron chi connectivity index (χ1n) is 8.27. The van der Waals surface area contributed by atoms with Gasteiger partial charge in [0.25, 0.3) is 0 Å². The maximum atomic E-state index is 12.6. The molecule has 0 radical (unpaired) electrons. The van der Waals surface area contributed by atoms with Gasteiger partial charge < -0.3 is 15.0 Å². The van der Waals surface area contributed by atoms with Gasteiger partial charge in [0, 0.05) is 31.9 Å². The normalized spacial score (nSPS) is 19.4. The summed E-state index contributed by atoms with van der Waals surface area (Å²) >= 11 is 0.